The first-order valence-corrected chi connectivity index (χ1v) is 10.6. The zero-order valence-corrected chi connectivity index (χ0v) is 18.4. The monoisotopic (exact) mass is 442 g/mol. The number of ether oxygens (including phenoxy) is 1. The van der Waals surface area contributed by atoms with Gasteiger partial charge in [0.15, 0.2) is 0 Å². The van der Waals surface area contributed by atoms with E-state index in [-0.39, 0.29) is 31.2 Å². The average molecular weight is 443 g/mol. The van der Waals surface area contributed by atoms with Crippen LogP contribution >= 0.6 is 0 Å². The molecule has 0 aliphatic carbocycles. The van der Waals surface area contributed by atoms with Crippen LogP contribution in [0.15, 0.2) is 42.5 Å². The van der Waals surface area contributed by atoms with Crippen LogP contribution < -0.4 is 15.4 Å². The van der Waals surface area contributed by atoms with Crippen LogP contribution in [-0.2, 0) is 9.59 Å². The molecule has 32 heavy (non-hydrogen) atoms. The minimum absolute atomic E-state index is 0.0977. The average Bonchev–Trinajstić information content (AvgIpc) is 2.83. The highest BCUT2D eigenvalue weighted by Gasteiger charge is 2.20. The van der Waals surface area contributed by atoms with E-state index in [1.165, 1.54) is 0 Å². The standard InChI is InChI=1S/C23H30N4O5/c1-3-4-5-8-18(14-27(31)16-28)22(29)24-15-25-23(30)21-12-7-11-20(26-21)17-9-6-10-19(13-17)32-2/h6-7,9-13,16,18,31H,3-5,8,14-15H2,1-2H3,(H,24,29)(H,25,30)/t18-/m1/s1. The fourth-order valence-electron chi connectivity index (χ4n) is 3.17. The van der Waals surface area contributed by atoms with Gasteiger partial charge in [-0.15, -0.1) is 0 Å². The fraction of sp³-hybridized carbons (Fsp3) is 0.391. The summed E-state index contributed by atoms with van der Waals surface area (Å²) in [5.41, 5.74) is 1.64. The maximum atomic E-state index is 12.5. The van der Waals surface area contributed by atoms with E-state index >= 15 is 0 Å². The number of aromatic nitrogens is 1. The molecular weight excluding hydrogens is 412 g/mol. The Balaban J connectivity index is 1.94. The number of hydroxylamine groups is 2. The van der Waals surface area contributed by atoms with Gasteiger partial charge in [0.1, 0.15) is 11.4 Å². The Labute approximate surface area is 187 Å². The quantitative estimate of drug-likeness (QED) is 0.144. The summed E-state index contributed by atoms with van der Waals surface area (Å²) in [4.78, 5) is 40.0. The van der Waals surface area contributed by atoms with Crippen LogP contribution in [-0.4, -0.2) is 53.8 Å². The van der Waals surface area contributed by atoms with Crippen molar-refractivity contribution in [2.75, 3.05) is 20.3 Å². The lowest BCUT2D eigenvalue weighted by Gasteiger charge is -2.19. The normalized spacial score (nSPS) is 11.3. The highest BCUT2D eigenvalue weighted by Crippen LogP contribution is 2.22. The summed E-state index contributed by atoms with van der Waals surface area (Å²) in [7, 11) is 1.58. The van der Waals surface area contributed by atoms with Gasteiger partial charge in [0, 0.05) is 5.56 Å². The van der Waals surface area contributed by atoms with Gasteiger partial charge in [0.05, 0.1) is 31.9 Å². The molecule has 3 N–H and O–H groups in total. The molecule has 0 saturated heterocycles. The summed E-state index contributed by atoms with van der Waals surface area (Å²) in [5.74, 6) is -0.663. The summed E-state index contributed by atoms with van der Waals surface area (Å²) in [6.45, 7) is 1.85. The van der Waals surface area contributed by atoms with Crippen molar-refractivity contribution < 1.29 is 24.3 Å². The second-order valence-corrected chi connectivity index (χ2v) is 7.28. The molecule has 0 spiro atoms. The molecule has 0 bridgehead atoms. The second kappa shape index (κ2) is 13.1. The van der Waals surface area contributed by atoms with E-state index in [1.54, 1.807) is 25.3 Å². The van der Waals surface area contributed by atoms with Crippen LogP contribution in [0.25, 0.3) is 11.3 Å². The van der Waals surface area contributed by atoms with Gasteiger partial charge in [-0.1, -0.05) is 44.4 Å². The fourth-order valence-corrected chi connectivity index (χ4v) is 3.17. The molecule has 0 saturated carbocycles. The maximum Gasteiger partial charge on any atom is 0.271 e. The van der Waals surface area contributed by atoms with Gasteiger partial charge >= 0.3 is 0 Å². The number of nitrogens with zero attached hydrogens (tertiary/aromatic N) is 2. The minimum atomic E-state index is -0.567. The molecule has 1 aromatic heterocycles. The third-order valence-electron chi connectivity index (χ3n) is 4.91. The molecule has 9 heteroatoms. The number of carbonyl (C=O) groups excluding carboxylic acids is 3. The third kappa shape index (κ3) is 7.66. The Kier molecular flexibility index (Phi) is 10.1. The Morgan fingerprint density at radius 1 is 1.19 bits per heavy atom. The largest absolute Gasteiger partial charge is 0.497 e. The highest BCUT2D eigenvalue weighted by atomic mass is 16.5. The first-order chi connectivity index (χ1) is 15.5. The molecule has 2 aromatic rings. The molecule has 0 radical (unpaired) electrons. The Bertz CT molecular complexity index is 905. The van der Waals surface area contributed by atoms with Gasteiger partial charge in [-0.25, -0.2) is 10.0 Å². The summed E-state index contributed by atoms with van der Waals surface area (Å²) < 4.78 is 5.23. The van der Waals surface area contributed by atoms with E-state index in [1.807, 2.05) is 31.2 Å². The lowest BCUT2D eigenvalue weighted by molar-refractivity contribution is -0.154. The van der Waals surface area contributed by atoms with Crippen LogP contribution in [0.4, 0.5) is 0 Å². The Hall–Kier alpha value is -3.46. The van der Waals surface area contributed by atoms with Crippen molar-refractivity contribution in [3.05, 3.63) is 48.2 Å². The van der Waals surface area contributed by atoms with Crippen LogP contribution in [0, 0.1) is 5.92 Å². The van der Waals surface area contributed by atoms with E-state index < -0.39 is 11.8 Å². The molecule has 1 heterocycles. The number of hydrogen-bond donors (Lipinski definition) is 3. The summed E-state index contributed by atoms with van der Waals surface area (Å²) in [5, 5.41) is 15.2. The summed E-state index contributed by atoms with van der Waals surface area (Å²) in [6, 6.07) is 12.5. The van der Waals surface area contributed by atoms with Gasteiger partial charge < -0.3 is 15.4 Å². The highest BCUT2D eigenvalue weighted by molar-refractivity contribution is 5.93. The molecule has 1 aromatic carbocycles. The van der Waals surface area contributed by atoms with Crippen molar-refractivity contribution in [1.82, 2.24) is 20.7 Å². The second-order valence-electron chi connectivity index (χ2n) is 7.28. The number of hydrogen-bond acceptors (Lipinski definition) is 6. The first-order valence-electron chi connectivity index (χ1n) is 10.6. The van der Waals surface area contributed by atoms with E-state index in [2.05, 4.69) is 15.6 Å². The predicted molar refractivity (Wildman–Crippen MR) is 119 cm³/mol. The zero-order chi connectivity index (χ0) is 23.3. The molecule has 0 aliphatic rings. The van der Waals surface area contributed by atoms with Crippen molar-refractivity contribution in [1.29, 1.82) is 0 Å². The lowest BCUT2D eigenvalue weighted by Crippen LogP contribution is -2.43. The molecule has 1 atom stereocenters. The van der Waals surface area contributed by atoms with E-state index in [0.717, 1.165) is 24.8 Å². The Morgan fingerprint density at radius 3 is 2.69 bits per heavy atom. The molecule has 0 fully saturated rings. The van der Waals surface area contributed by atoms with Gasteiger partial charge in [-0.05, 0) is 30.7 Å². The van der Waals surface area contributed by atoms with Gasteiger partial charge in [0.25, 0.3) is 5.91 Å². The molecular formula is C23H30N4O5. The summed E-state index contributed by atoms with van der Waals surface area (Å²) in [6.07, 6.45) is 3.53. The topological polar surface area (TPSA) is 121 Å². The number of amides is 3. The molecule has 2 rings (SSSR count). The van der Waals surface area contributed by atoms with Crippen LogP contribution in [0.3, 0.4) is 0 Å². The maximum absolute atomic E-state index is 12.5. The smallest absolute Gasteiger partial charge is 0.271 e. The van der Waals surface area contributed by atoms with Crippen molar-refractivity contribution in [3.63, 3.8) is 0 Å². The van der Waals surface area contributed by atoms with Gasteiger partial charge in [-0.3, -0.25) is 19.6 Å². The third-order valence-corrected chi connectivity index (χ3v) is 4.91. The molecule has 0 aliphatic heterocycles. The van der Waals surface area contributed by atoms with Crippen molar-refractivity contribution in [2.45, 2.75) is 32.6 Å². The number of unbranched alkanes of at least 4 members (excludes halogenated alkanes) is 2. The SMILES string of the molecule is CCCCC[C@H](CN(O)C=O)C(=O)NCNC(=O)c1cccc(-c2cccc(OC)c2)n1. The summed E-state index contributed by atoms with van der Waals surface area (Å²) >= 11 is 0. The van der Waals surface area contributed by atoms with Crippen molar-refractivity contribution >= 4 is 18.2 Å². The number of rotatable bonds is 13. The number of pyridine rings is 1. The minimum Gasteiger partial charge on any atom is -0.497 e. The van der Waals surface area contributed by atoms with E-state index in [9.17, 15) is 19.6 Å². The van der Waals surface area contributed by atoms with E-state index in [4.69, 9.17) is 4.74 Å². The van der Waals surface area contributed by atoms with E-state index in [0.29, 0.717) is 22.9 Å². The van der Waals surface area contributed by atoms with Crippen LogP contribution in [0.2, 0.25) is 0 Å². The lowest BCUT2D eigenvalue weighted by atomic mass is 10.0. The molecule has 3 amide bonds. The van der Waals surface area contributed by atoms with Gasteiger partial charge in [-0.2, -0.15) is 0 Å². The zero-order valence-electron chi connectivity index (χ0n) is 18.4. The Morgan fingerprint density at radius 2 is 1.97 bits per heavy atom. The molecule has 9 nitrogen and oxygen atoms in total. The van der Waals surface area contributed by atoms with Crippen molar-refractivity contribution in [3.8, 4) is 17.0 Å². The van der Waals surface area contributed by atoms with Gasteiger partial charge in [0.2, 0.25) is 12.3 Å². The van der Waals surface area contributed by atoms with Crippen molar-refractivity contribution in [2.24, 2.45) is 5.92 Å². The number of benzene rings is 1. The number of methoxy groups -OCH3 is 1. The predicted octanol–water partition coefficient (Wildman–Crippen LogP) is 2.60. The first kappa shape index (κ1) is 24.8. The van der Waals surface area contributed by atoms with Crippen LogP contribution in [0.5, 0.6) is 5.75 Å². The number of carbonyl (C=O) groups is 3. The molecule has 0 unspecified atom stereocenters. The van der Waals surface area contributed by atoms with Crippen LogP contribution in [0.1, 0.15) is 43.1 Å². The molecule has 172 valence electrons. The number of nitrogens with one attached hydrogen (secondary N) is 2.